The first-order valence-electron chi connectivity index (χ1n) is 12.4. The average Bonchev–Trinajstić information content (AvgIpc) is 3.39. The monoisotopic (exact) mass is 433 g/mol. The van der Waals surface area contributed by atoms with E-state index in [1.165, 1.54) is 44.0 Å². The lowest BCUT2D eigenvalue weighted by molar-refractivity contribution is 0.182. The Bertz CT molecular complexity index is 1040. The van der Waals surface area contributed by atoms with Crippen LogP contribution in [-0.4, -0.2) is 34.0 Å². The summed E-state index contributed by atoms with van der Waals surface area (Å²) in [6.45, 7) is 4.37. The van der Waals surface area contributed by atoms with Crippen LogP contribution in [-0.2, 0) is 6.54 Å². The van der Waals surface area contributed by atoms with Gasteiger partial charge in [-0.3, -0.25) is 0 Å². The number of aliphatic hydroxyl groups excluding tert-OH is 1. The molecular formula is C27H35N3O2. The van der Waals surface area contributed by atoms with E-state index in [1.807, 2.05) is 31.2 Å². The topological polar surface area (TPSA) is 50.5 Å². The lowest BCUT2D eigenvalue weighted by Gasteiger charge is -2.25. The van der Waals surface area contributed by atoms with Crippen molar-refractivity contribution in [2.75, 3.05) is 18.1 Å². The van der Waals surface area contributed by atoms with Crippen LogP contribution in [0.25, 0.3) is 11.0 Å². The second kappa shape index (κ2) is 9.53. The van der Waals surface area contributed by atoms with Gasteiger partial charge in [0.2, 0.25) is 0 Å². The minimum Gasteiger partial charge on any atom is -0.492 e. The van der Waals surface area contributed by atoms with E-state index in [0.717, 1.165) is 41.8 Å². The van der Waals surface area contributed by atoms with E-state index in [4.69, 9.17) is 9.72 Å². The summed E-state index contributed by atoms with van der Waals surface area (Å²) in [5.74, 6) is 2.98. The standard InChI is InChI=1S/C27H35N3O2/c1-2-32-25-15-9-8-14-24(25)30-19-21(18-26(30)31)27-28-22-12-6-7-13-23(22)29(27)17-16-20-10-4-3-5-11-20/h6-9,12-15,20-21,26,31H,2-5,10-11,16-19H2,1H3. The molecule has 1 aromatic heterocycles. The highest BCUT2D eigenvalue weighted by molar-refractivity contribution is 5.76. The van der Waals surface area contributed by atoms with Crippen LogP contribution in [0.4, 0.5) is 5.69 Å². The molecule has 1 saturated carbocycles. The normalized spacial score (nSPS) is 22.0. The van der Waals surface area contributed by atoms with E-state index in [1.54, 1.807) is 0 Å². The molecule has 2 aromatic carbocycles. The predicted octanol–water partition coefficient (Wildman–Crippen LogP) is 5.72. The molecule has 0 spiro atoms. The third kappa shape index (κ3) is 4.23. The maximum atomic E-state index is 11.0. The van der Waals surface area contributed by atoms with Gasteiger partial charge in [0, 0.05) is 25.4 Å². The first-order chi connectivity index (χ1) is 15.7. The Morgan fingerprint density at radius 1 is 1.03 bits per heavy atom. The van der Waals surface area contributed by atoms with E-state index < -0.39 is 6.23 Å². The van der Waals surface area contributed by atoms with Gasteiger partial charge in [-0.05, 0) is 43.5 Å². The first-order valence-corrected chi connectivity index (χ1v) is 12.4. The Morgan fingerprint density at radius 2 is 1.81 bits per heavy atom. The minimum absolute atomic E-state index is 0.193. The number of hydrogen-bond acceptors (Lipinski definition) is 4. The molecule has 1 aliphatic heterocycles. The molecule has 32 heavy (non-hydrogen) atoms. The molecule has 0 radical (unpaired) electrons. The molecule has 3 aromatic rings. The van der Waals surface area contributed by atoms with E-state index in [9.17, 15) is 5.11 Å². The Balaban J connectivity index is 1.42. The summed E-state index contributed by atoms with van der Waals surface area (Å²) in [6.07, 6.45) is 8.27. The molecule has 2 aliphatic rings. The predicted molar refractivity (Wildman–Crippen MR) is 129 cm³/mol. The van der Waals surface area contributed by atoms with Crippen molar-refractivity contribution in [3.8, 4) is 5.75 Å². The van der Waals surface area contributed by atoms with Gasteiger partial charge in [-0.1, -0.05) is 56.4 Å². The van der Waals surface area contributed by atoms with Crippen LogP contribution in [0.1, 0.15) is 63.6 Å². The van der Waals surface area contributed by atoms with Gasteiger partial charge in [0.1, 0.15) is 17.8 Å². The number of nitrogens with zero attached hydrogens (tertiary/aromatic N) is 3. The van der Waals surface area contributed by atoms with Crippen LogP contribution in [0, 0.1) is 5.92 Å². The largest absolute Gasteiger partial charge is 0.492 e. The Hall–Kier alpha value is -2.53. The van der Waals surface area contributed by atoms with Crippen molar-refractivity contribution in [1.82, 2.24) is 9.55 Å². The molecule has 2 heterocycles. The number of ether oxygens (including phenoxy) is 1. The number of aromatic nitrogens is 2. The second-order valence-corrected chi connectivity index (χ2v) is 9.37. The summed E-state index contributed by atoms with van der Waals surface area (Å²) in [5, 5.41) is 11.0. The molecule has 1 aliphatic carbocycles. The SMILES string of the molecule is CCOc1ccccc1N1CC(c2nc3ccccc3n2CCC2CCCCC2)CC1O. The smallest absolute Gasteiger partial charge is 0.142 e. The fraction of sp³-hybridized carbons (Fsp3) is 0.519. The van der Waals surface area contributed by atoms with Crippen molar-refractivity contribution in [2.24, 2.45) is 5.92 Å². The van der Waals surface area contributed by atoms with Gasteiger partial charge in [-0.25, -0.2) is 4.98 Å². The molecule has 1 N–H and O–H groups in total. The van der Waals surface area contributed by atoms with Gasteiger partial charge in [0.25, 0.3) is 0 Å². The molecular weight excluding hydrogens is 398 g/mol. The molecule has 0 amide bonds. The highest BCUT2D eigenvalue weighted by atomic mass is 16.5. The van der Waals surface area contributed by atoms with Crippen LogP contribution >= 0.6 is 0 Å². The van der Waals surface area contributed by atoms with Crippen molar-refractivity contribution in [1.29, 1.82) is 0 Å². The molecule has 170 valence electrons. The van der Waals surface area contributed by atoms with E-state index >= 15 is 0 Å². The van der Waals surface area contributed by atoms with Gasteiger partial charge in [-0.15, -0.1) is 0 Å². The number of para-hydroxylation sites is 4. The number of aryl methyl sites for hydroxylation is 1. The van der Waals surface area contributed by atoms with E-state index in [-0.39, 0.29) is 5.92 Å². The summed E-state index contributed by atoms with van der Waals surface area (Å²) < 4.78 is 8.29. The Labute approximate surface area is 191 Å². The molecule has 5 nitrogen and oxygen atoms in total. The molecule has 2 atom stereocenters. The molecule has 0 bridgehead atoms. The number of fused-ring (bicyclic) bond motifs is 1. The summed E-state index contributed by atoms with van der Waals surface area (Å²) in [5.41, 5.74) is 3.25. The maximum absolute atomic E-state index is 11.0. The minimum atomic E-state index is -0.534. The summed E-state index contributed by atoms with van der Waals surface area (Å²) in [4.78, 5) is 7.16. The number of aliphatic hydroxyl groups is 1. The zero-order valence-corrected chi connectivity index (χ0v) is 19.1. The van der Waals surface area contributed by atoms with Gasteiger partial charge >= 0.3 is 0 Å². The summed E-state index contributed by atoms with van der Waals surface area (Å²) >= 11 is 0. The average molecular weight is 434 g/mol. The van der Waals surface area contributed by atoms with Crippen LogP contribution in [0.5, 0.6) is 5.75 Å². The van der Waals surface area contributed by atoms with Crippen molar-refractivity contribution in [3.05, 3.63) is 54.4 Å². The van der Waals surface area contributed by atoms with Crippen molar-refractivity contribution < 1.29 is 9.84 Å². The van der Waals surface area contributed by atoms with Crippen LogP contribution in [0.3, 0.4) is 0 Å². The third-order valence-electron chi connectivity index (χ3n) is 7.28. The maximum Gasteiger partial charge on any atom is 0.142 e. The van der Waals surface area contributed by atoms with Crippen LogP contribution in [0.2, 0.25) is 0 Å². The number of benzene rings is 2. The molecule has 2 unspecified atom stereocenters. The van der Waals surface area contributed by atoms with Crippen LogP contribution < -0.4 is 9.64 Å². The number of rotatable bonds is 7. The fourth-order valence-electron chi connectivity index (χ4n) is 5.66. The third-order valence-corrected chi connectivity index (χ3v) is 7.28. The Kier molecular flexibility index (Phi) is 6.35. The lowest BCUT2D eigenvalue weighted by Crippen LogP contribution is -2.29. The fourth-order valence-corrected chi connectivity index (χ4v) is 5.66. The van der Waals surface area contributed by atoms with Gasteiger partial charge < -0.3 is 19.3 Å². The van der Waals surface area contributed by atoms with Crippen molar-refractivity contribution >= 4 is 16.7 Å². The van der Waals surface area contributed by atoms with Crippen molar-refractivity contribution in [3.63, 3.8) is 0 Å². The summed E-state index contributed by atoms with van der Waals surface area (Å²) in [6, 6.07) is 16.5. The Morgan fingerprint density at radius 3 is 2.66 bits per heavy atom. The molecule has 1 saturated heterocycles. The number of anilines is 1. The number of hydrogen-bond donors (Lipinski definition) is 1. The molecule has 5 rings (SSSR count). The van der Waals surface area contributed by atoms with Gasteiger partial charge in [0.15, 0.2) is 0 Å². The zero-order chi connectivity index (χ0) is 21.9. The first kappa shape index (κ1) is 21.3. The van der Waals surface area contributed by atoms with Gasteiger partial charge in [0.05, 0.1) is 23.3 Å². The lowest BCUT2D eigenvalue weighted by atomic mass is 9.87. The highest BCUT2D eigenvalue weighted by Gasteiger charge is 2.36. The van der Waals surface area contributed by atoms with E-state index in [0.29, 0.717) is 13.0 Å². The quantitative estimate of drug-likeness (QED) is 0.518. The molecule has 5 heteroatoms. The van der Waals surface area contributed by atoms with Gasteiger partial charge in [-0.2, -0.15) is 0 Å². The highest BCUT2D eigenvalue weighted by Crippen LogP contribution is 2.39. The van der Waals surface area contributed by atoms with E-state index in [2.05, 4.69) is 33.7 Å². The zero-order valence-electron chi connectivity index (χ0n) is 19.1. The number of imidazole rings is 1. The summed E-state index contributed by atoms with van der Waals surface area (Å²) in [7, 11) is 0. The van der Waals surface area contributed by atoms with Crippen molar-refractivity contribution in [2.45, 2.75) is 70.6 Å². The van der Waals surface area contributed by atoms with Crippen LogP contribution in [0.15, 0.2) is 48.5 Å². The molecule has 2 fully saturated rings. The second-order valence-electron chi connectivity index (χ2n) is 9.37.